The quantitative estimate of drug-likeness (QED) is 0.854. The summed E-state index contributed by atoms with van der Waals surface area (Å²) >= 11 is 0. The molecule has 1 amide bonds. The molecule has 0 radical (unpaired) electrons. The van der Waals surface area contributed by atoms with Gasteiger partial charge in [0.15, 0.2) is 5.82 Å². The Labute approximate surface area is 166 Å². The Hall–Kier alpha value is -2.21. The Morgan fingerprint density at radius 2 is 1.89 bits per heavy atom. The van der Waals surface area contributed by atoms with Crippen LogP contribution in [0.2, 0.25) is 0 Å². The fourth-order valence-corrected chi connectivity index (χ4v) is 4.36. The largest absolute Gasteiger partial charge is 0.353 e. The SMILES string of the molecule is Cc1ccccc1-c1nc(CN2CCC(NC(=O)C3CCCCC3)CC2)no1. The molecule has 1 aliphatic carbocycles. The van der Waals surface area contributed by atoms with Gasteiger partial charge < -0.3 is 9.84 Å². The number of aromatic nitrogens is 2. The normalized spacial score (nSPS) is 19.6. The summed E-state index contributed by atoms with van der Waals surface area (Å²) in [5.41, 5.74) is 2.12. The second kappa shape index (κ2) is 8.86. The molecular formula is C22H30N4O2. The number of carbonyl (C=O) groups is 1. The van der Waals surface area contributed by atoms with Gasteiger partial charge in [0.1, 0.15) is 0 Å². The lowest BCUT2D eigenvalue weighted by Crippen LogP contribution is -2.46. The molecule has 2 aromatic rings. The summed E-state index contributed by atoms with van der Waals surface area (Å²) in [6, 6.07) is 8.35. The van der Waals surface area contributed by atoms with Gasteiger partial charge in [-0.3, -0.25) is 9.69 Å². The number of nitrogens with one attached hydrogen (secondary N) is 1. The summed E-state index contributed by atoms with van der Waals surface area (Å²) in [4.78, 5) is 19.4. The van der Waals surface area contributed by atoms with E-state index in [1.54, 1.807) is 0 Å². The molecule has 2 heterocycles. The molecule has 2 fully saturated rings. The zero-order chi connectivity index (χ0) is 19.3. The molecule has 6 heteroatoms. The second-order valence-corrected chi connectivity index (χ2v) is 8.22. The van der Waals surface area contributed by atoms with Gasteiger partial charge in [-0.05, 0) is 44.2 Å². The molecule has 0 bridgehead atoms. The third kappa shape index (κ3) is 4.61. The minimum Gasteiger partial charge on any atom is -0.353 e. The van der Waals surface area contributed by atoms with Crippen LogP contribution in [0, 0.1) is 12.8 Å². The molecule has 1 saturated carbocycles. The van der Waals surface area contributed by atoms with E-state index in [-0.39, 0.29) is 11.8 Å². The zero-order valence-electron chi connectivity index (χ0n) is 16.7. The van der Waals surface area contributed by atoms with Crippen LogP contribution < -0.4 is 5.32 Å². The van der Waals surface area contributed by atoms with Gasteiger partial charge in [-0.1, -0.05) is 42.6 Å². The lowest BCUT2D eigenvalue weighted by atomic mass is 9.88. The number of aryl methyl sites for hydroxylation is 1. The Balaban J connectivity index is 1.26. The van der Waals surface area contributed by atoms with Crippen molar-refractivity contribution < 1.29 is 9.32 Å². The van der Waals surface area contributed by atoms with Gasteiger partial charge in [-0.15, -0.1) is 0 Å². The molecule has 0 unspecified atom stereocenters. The number of amides is 1. The highest BCUT2D eigenvalue weighted by Gasteiger charge is 2.26. The van der Waals surface area contributed by atoms with Crippen molar-refractivity contribution in [2.75, 3.05) is 13.1 Å². The van der Waals surface area contributed by atoms with E-state index in [2.05, 4.69) is 20.4 Å². The van der Waals surface area contributed by atoms with E-state index in [0.717, 1.165) is 55.7 Å². The highest BCUT2D eigenvalue weighted by Crippen LogP contribution is 2.25. The van der Waals surface area contributed by atoms with Crippen LogP contribution in [-0.4, -0.2) is 40.1 Å². The molecule has 0 atom stereocenters. The molecule has 28 heavy (non-hydrogen) atoms. The molecule has 1 aromatic heterocycles. The van der Waals surface area contributed by atoms with Crippen LogP contribution in [0.1, 0.15) is 56.3 Å². The first-order valence-electron chi connectivity index (χ1n) is 10.6. The van der Waals surface area contributed by atoms with Crippen LogP contribution in [0.3, 0.4) is 0 Å². The van der Waals surface area contributed by atoms with Crippen molar-refractivity contribution in [3.8, 4) is 11.5 Å². The van der Waals surface area contributed by atoms with Crippen LogP contribution in [0.4, 0.5) is 0 Å². The monoisotopic (exact) mass is 382 g/mol. The Bertz CT molecular complexity index is 789. The molecule has 2 aliphatic rings. The van der Waals surface area contributed by atoms with Crippen LogP contribution in [-0.2, 0) is 11.3 Å². The van der Waals surface area contributed by atoms with Crippen molar-refractivity contribution in [3.05, 3.63) is 35.7 Å². The highest BCUT2D eigenvalue weighted by atomic mass is 16.5. The number of likely N-dealkylation sites (tertiary alicyclic amines) is 1. The lowest BCUT2D eigenvalue weighted by molar-refractivity contribution is -0.127. The van der Waals surface area contributed by atoms with Crippen LogP contribution in [0.25, 0.3) is 11.5 Å². The van der Waals surface area contributed by atoms with Gasteiger partial charge >= 0.3 is 0 Å². The summed E-state index contributed by atoms with van der Waals surface area (Å²) in [5.74, 6) is 1.83. The fraction of sp³-hybridized carbons (Fsp3) is 0.591. The summed E-state index contributed by atoms with van der Waals surface area (Å²) < 4.78 is 5.47. The molecule has 1 N–H and O–H groups in total. The van der Waals surface area contributed by atoms with E-state index in [1.165, 1.54) is 19.3 Å². The summed E-state index contributed by atoms with van der Waals surface area (Å²) in [6.07, 6.45) is 7.78. The van der Waals surface area contributed by atoms with E-state index in [9.17, 15) is 4.79 Å². The van der Waals surface area contributed by atoms with Crippen molar-refractivity contribution in [2.24, 2.45) is 5.92 Å². The van der Waals surface area contributed by atoms with Gasteiger partial charge in [-0.25, -0.2) is 0 Å². The Morgan fingerprint density at radius 1 is 1.14 bits per heavy atom. The number of hydrogen-bond acceptors (Lipinski definition) is 5. The van der Waals surface area contributed by atoms with Crippen LogP contribution in [0.5, 0.6) is 0 Å². The van der Waals surface area contributed by atoms with Gasteiger partial charge in [0, 0.05) is 30.6 Å². The van der Waals surface area contributed by atoms with Crippen molar-refractivity contribution in [1.29, 1.82) is 0 Å². The third-order valence-corrected chi connectivity index (χ3v) is 6.12. The first kappa shape index (κ1) is 19.1. The molecule has 150 valence electrons. The average molecular weight is 383 g/mol. The predicted molar refractivity (Wildman–Crippen MR) is 107 cm³/mol. The molecule has 1 saturated heterocycles. The maximum absolute atomic E-state index is 12.4. The van der Waals surface area contributed by atoms with E-state index in [1.807, 2.05) is 31.2 Å². The minimum absolute atomic E-state index is 0.242. The van der Waals surface area contributed by atoms with Crippen molar-refractivity contribution in [2.45, 2.75) is 64.5 Å². The number of hydrogen-bond donors (Lipinski definition) is 1. The predicted octanol–water partition coefficient (Wildman–Crippen LogP) is 3.71. The van der Waals surface area contributed by atoms with E-state index >= 15 is 0 Å². The summed E-state index contributed by atoms with van der Waals surface area (Å²) in [5, 5.41) is 7.45. The van der Waals surface area contributed by atoms with E-state index in [0.29, 0.717) is 18.5 Å². The van der Waals surface area contributed by atoms with Gasteiger partial charge in [0.2, 0.25) is 5.91 Å². The number of nitrogens with zero attached hydrogens (tertiary/aromatic N) is 3. The maximum Gasteiger partial charge on any atom is 0.258 e. The van der Waals surface area contributed by atoms with Crippen molar-refractivity contribution >= 4 is 5.91 Å². The molecule has 1 aromatic carbocycles. The van der Waals surface area contributed by atoms with Crippen molar-refractivity contribution in [1.82, 2.24) is 20.4 Å². The summed E-state index contributed by atoms with van der Waals surface area (Å²) in [6.45, 7) is 4.64. The van der Waals surface area contributed by atoms with Gasteiger partial charge in [0.05, 0.1) is 6.54 Å². The molecular weight excluding hydrogens is 352 g/mol. The first-order valence-corrected chi connectivity index (χ1v) is 10.6. The smallest absolute Gasteiger partial charge is 0.258 e. The van der Waals surface area contributed by atoms with Crippen molar-refractivity contribution in [3.63, 3.8) is 0 Å². The standard InChI is InChI=1S/C22H30N4O2/c1-16-7-5-6-10-19(16)22-24-20(25-28-22)15-26-13-11-18(12-14-26)23-21(27)17-8-3-2-4-9-17/h5-7,10,17-18H,2-4,8-9,11-15H2,1H3,(H,23,27). The van der Waals surface area contributed by atoms with Gasteiger partial charge in [0.25, 0.3) is 5.89 Å². The van der Waals surface area contributed by atoms with E-state index in [4.69, 9.17) is 4.52 Å². The minimum atomic E-state index is 0.242. The summed E-state index contributed by atoms with van der Waals surface area (Å²) in [7, 11) is 0. The number of rotatable bonds is 5. The number of benzene rings is 1. The number of piperidine rings is 1. The molecule has 1 aliphatic heterocycles. The zero-order valence-corrected chi connectivity index (χ0v) is 16.7. The fourth-order valence-electron chi connectivity index (χ4n) is 4.36. The second-order valence-electron chi connectivity index (χ2n) is 8.22. The van der Waals surface area contributed by atoms with Crippen LogP contribution >= 0.6 is 0 Å². The lowest BCUT2D eigenvalue weighted by Gasteiger charge is -2.32. The van der Waals surface area contributed by atoms with Crippen LogP contribution in [0.15, 0.2) is 28.8 Å². The highest BCUT2D eigenvalue weighted by molar-refractivity contribution is 5.79. The topological polar surface area (TPSA) is 71.3 Å². The molecule has 6 nitrogen and oxygen atoms in total. The Morgan fingerprint density at radius 3 is 2.64 bits per heavy atom. The Kier molecular flexibility index (Phi) is 6.05. The molecule has 4 rings (SSSR count). The average Bonchev–Trinajstić information content (AvgIpc) is 3.18. The van der Waals surface area contributed by atoms with Gasteiger partial charge in [-0.2, -0.15) is 4.98 Å². The first-order chi connectivity index (χ1) is 13.7. The third-order valence-electron chi connectivity index (χ3n) is 6.12. The number of carbonyl (C=O) groups excluding carboxylic acids is 1. The van der Waals surface area contributed by atoms with E-state index < -0.39 is 0 Å². The maximum atomic E-state index is 12.4. The molecule has 0 spiro atoms.